The average Bonchev–Trinajstić information content (AvgIpc) is 2.66. The Bertz CT molecular complexity index is 950. The van der Waals surface area contributed by atoms with Crippen LogP contribution in [0.1, 0.15) is 72.3 Å². The molecule has 0 unspecified atom stereocenters. The smallest absolute Gasteiger partial charge is 0.00227 e. The molecule has 0 saturated heterocycles. The van der Waals surface area contributed by atoms with Crippen molar-refractivity contribution in [1.29, 1.82) is 0 Å². The predicted octanol–water partition coefficient (Wildman–Crippen LogP) is 7.64. The molecule has 0 radical (unpaired) electrons. The fourth-order valence-corrected chi connectivity index (χ4v) is 4.45. The molecule has 0 spiro atoms. The van der Waals surface area contributed by atoms with Gasteiger partial charge in [-0.05, 0) is 147 Å². The fraction of sp³-hybridized carbons (Fsp3) is 0.379. The van der Waals surface area contributed by atoms with Crippen molar-refractivity contribution in [2.45, 2.75) is 75.2 Å². The molecule has 0 heteroatoms. The van der Waals surface area contributed by atoms with E-state index in [1.54, 1.807) is 0 Å². The van der Waals surface area contributed by atoms with E-state index in [1.165, 1.54) is 72.3 Å². The highest BCUT2D eigenvalue weighted by molar-refractivity contribution is 5.49. The summed E-state index contributed by atoms with van der Waals surface area (Å²) in [4.78, 5) is 0. The van der Waals surface area contributed by atoms with Crippen LogP contribution in [-0.2, 0) is 12.8 Å². The van der Waals surface area contributed by atoms with Crippen molar-refractivity contribution in [2.24, 2.45) is 0 Å². The Labute approximate surface area is 178 Å². The first-order valence-electron chi connectivity index (χ1n) is 10.8. The molecule has 0 aliphatic carbocycles. The number of benzene rings is 3. The van der Waals surface area contributed by atoms with Crippen molar-refractivity contribution < 1.29 is 0 Å². The lowest BCUT2D eigenvalue weighted by atomic mass is 9.87. The molecule has 0 aliphatic heterocycles. The molecule has 3 aromatic carbocycles. The van der Waals surface area contributed by atoms with Crippen LogP contribution in [0.3, 0.4) is 0 Å². The third-order valence-corrected chi connectivity index (χ3v) is 7.20. The maximum Gasteiger partial charge on any atom is -0.00227 e. The molecular formula is C29H36. The summed E-state index contributed by atoms with van der Waals surface area (Å²) < 4.78 is 0. The van der Waals surface area contributed by atoms with Gasteiger partial charge in [-0.1, -0.05) is 30.3 Å². The van der Waals surface area contributed by atoms with E-state index in [4.69, 9.17) is 0 Å². The molecule has 0 bridgehead atoms. The molecule has 0 N–H and O–H groups in total. The van der Waals surface area contributed by atoms with Gasteiger partial charge in [-0.25, -0.2) is 0 Å². The Morgan fingerprint density at radius 3 is 1.00 bits per heavy atom. The zero-order valence-corrected chi connectivity index (χ0v) is 19.8. The van der Waals surface area contributed by atoms with Crippen molar-refractivity contribution >= 4 is 0 Å². The molecule has 0 atom stereocenters. The van der Waals surface area contributed by atoms with Crippen LogP contribution in [0, 0.1) is 62.3 Å². The Balaban J connectivity index is 2.01. The highest BCUT2D eigenvalue weighted by Crippen LogP contribution is 2.28. The molecule has 0 nitrogen and oxygen atoms in total. The Morgan fingerprint density at radius 1 is 0.379 bits per heavy atom. The molecule has 3 aromatic rings. The SMILES string of the molecule is Cc1cc(Cc2cc(Cc3cc(C)c(C)c(C)c3)c(C)c(C)c2C)cc(C)c1C. The monoisotopic (exact) mass is 384 g/mol. The van der Waals surface area contributed by atoms with Crippen molar-refractivity contribution in [3.05, 3.63) is 103 Å². The molecule has 152 valence electrons. The van der Waals surface area contributed by atoms with Gasteiger partial charge in [0, 0.05) is 0 Å². The zero-order valence-electron chi connectivity index (χ0n) is 19.8. The van der Waals surface area contributed by atoms with Gasteiger partial charge < -0.3 is 0 Å². The van der Waals surface area contributed by atoms with E-state index in [0.717, 1.165) is 12.8 Å². The molecule has 0 aromatic heterocycles. The molecule has 29 heavy (non-hydrogen) atoms. The lowest BCUT2D eigenvalue weighted by Gasteiger charge is -2.18. The van der Waals surface area contributed by atoms with Crippen LogP contribution < -0.4 is 0 Å². The van der Waals surface area contributed by atoms with Gasteiger partial charge in [-0.15, -0.1) is 0 Å². The van der Waals surface area contributed by atoms with Crippen LogP contribution in [-0.4, -0.2) is 0 Å². The maximum absolute atomic E-state index is 2.46. The Kier molecular flexibility index (Phi) is 6.03. The summed E-state index contributed by atoms with van der Waals surface area (Å²) in [7, 11) is 0. The first kappa shape index (κ1) is 21.4. The van der Waals surface area contributed by atoms with E-state index < -0.39 is 0 Å². The standard InChI is InChI=1S/C29H36/c1-17-10-26(11-18(2)21(17)5)14-28-16-29(25(9)23(7)24(28)8)15-27-12-19(3)22(6)20(4)13-27/h10-13,16H,14-15H2,1-9H3. The van der Waals surface area contributed by atoms with Gasteiger partial charge in [0.2, 0.25) is 0 Å². The van der Waals surface area contributed by atoms with E-state index in [0.29, 0.717) is 0 Å². The minimum Gasteiger partial charge on any atom is -0.0555 e. The van der Waals surface area contributed by atoms with Crippen LogP contribution in [0.5, 0.6) is 0 Å². The summed E-state index contributed by atoms with van der Waals surface area (Å²) in [5, 5.41) is 0. The second-order valence-electron chi connectivity index (χ2n) is 9.13. The van der Waals surface area contributed by atoms with Crippen LogP contribution in [0.15, 0.2) is 30.3 Å². The van der Waals surface area contributed by atoms with E-state index in [1.807, 2.05) is 0 Å². The molecule has 0 amide bonds. The minimum absolute atomic E-state index is 1.01. The summed E-state index contributed by atoms with van der Waals surface area (Å²) in [5.74, 6) is 0. The quantitative estimate of drug-likeness (QED) is 0.433. The summed E-state index contributed by atoms with van der Waals surface area (Å²) in [5.41, 5.74) is 18.5. The lowest BCUT2D eigenvalue weighted by Crippen LogP contribution is -2.03. The molecular weight excluding hydrogens is 348 g/mol. The van der Waals surface area contributed by atoms with E-state index in [9.17, 15) is 0 Å². The van der Waals surface area contributed by atoms with Crippen molar-refractivity contribution in [3.8, 4) is 0 Å². The van der Waals surface area contributed by atoms with Gasteiger partial charge in [0.25, 0.3) is 0 Å². The average molecular weight is 385 g/mol. The van der Waals surface area contributed by atoms with Crippen LogP contribution >= 0.6 is 0 Å². The molecule has 0 heterocycles. The molecule has 0 fully saturated rings. The van der Waals surface area contributed by atoms with Gasteiger partial charge in [0.15, 0.2) is 0 Å². The first-order valence-corrected chi connectivity index (χ1v) is 10.8. The van der Waals surface area contributed by atoms with E-state index in [2.05, 4.69) is 92.6 Å². The second kappa shape index (κ2) is 8.19. The van der Waals surface area contributed by atoms with Gasteiger partial charge in [0.05, 0.1) is 0 Å². The van der Waals surface area contributed by atoms with Gasteiger partial charge in [0.1, 0.15) is 0 Å². The number of rotatable bonds is 4. The zero-order chi connectivity index (χ0) is 21.5. The number of aryl methyl sites for hydroxylation is 4. The topological polar surface area (TPSA) is 0 Å². The van der Waals surface area contributed by atoms with Crippen LogP contribution in [0.4, 0.5) is 0 Å². The normalized spacial score (nSPS) is 11.2. The molecule has 0 aliphatic rings. The summed E-state index contributed by atoms with van der Waals surface area (Å²) in [6.45, 7) is 20.2. The third-order valence-electron chi connectivity index (χ3n) is 7.20. The predicted molar refractivity (Wildman–Crippen MR) is 128 cm³/mol. The molecule has 3 rings (SSSR count). The third kappa shape index (κ3) is 4.32. The summed E-state index contributed by atoms with van der Waals surface area (Å²) in [6.07, 6.45) is 2.02. The Hall–Kier alpha value is -2.34. The maximum atomic E-state index is 2.46. The van der Waals surface area contributed by atoms with E-state index in [-0.39, 0.29) is 0 Å². The highest BCUT2D eigenvalue weighted by atomic mass is 14.2. The van der Waals surface area contributed by atoms with Crippen molar-refractivity contribution in [3.63, 3.8) is 0 Å². The lowest BCUT2D eigenvalue weighted by molar-refractivity contribution is 1.05. The van der Waals surface area contributed by atoms with Crippen LogP contribution in [0.2, 0.25) is 0 Å². The van der Waals surface area contributed by atoms with Gasteiger partial charge in [-0.3, -0.25) is 0 Å². The fourth-order valence-electron chi connectivity index (χ4n) is 4.45. The first-order chi connectivity index (χ1) is 13.6. The van der Waals surface area contributed by atoms with Gasteiger partial charge in [-0.2, -0.15) is 0 Å². The van der Waals surface area contributed by atoms with Crippen molar-refractivity contribution in [1.82, 2.24) is 0 Å². The number of hydrogen-bond donors (Lipinski definition) is 0. The summed E-state index contributed by atoms with van der Waals surface area (Å²) in [6, 6.07) is 11.9. The van der Waals surface area contributed by atoms with Gasteiger partial charge >= 0.3 is 0 Å². The largest absolute Gasteiger partial charge is 0.0555 e. The summed E-state index contributed by atoms with van der Waals surface area (Å²) >= 11 is 0. The van der Waals surface area contributed by atoms with Crippen molar-refractivity contribution in [2.75, 3.05) is 0 Å². The molecule has 0 saturated carbocycles. The Morgan fingerprint density at radius 2 is 0.690 bits per heavy atom. The number of hydrogen-bond acceptors (Lipinski definition) is 0. The van der Waals surface area contributed by atoms with Crippen LogP contribution in [0.25, 0.3) is 0 Å². The second-order valence-corrected chi connectivity index (χ2v) is 9.13. The minimum atomic E-state index is 1.01. The van der Waals surface area contributed by atoms with E-state index >= 15 is 0 Å². The highest BCUT2D eigenvalue weighted by Gasteiger charge is 2.12.